The van der Waals surface area contributed by atoms with Gasteiger partial charge in [0.25, 0.3) is 0 Å². The zero-order valence-corrected chi connectivity index (χ0v) is 15.3. The zero-order valence-electron chi connectivity index (χ0n) is 15.3. The third-order valence-electron chi connectivity index (χ3n) is 6.56. The molecule has 1 spiro atoms. The minimum atomic E-state index is 0.337. The van der Waals surface area contributed by atoms with Crippen LogP contribution in [0.25, 0.3) is 0 Å². The second-order valence-corrected chi connectivity index (χ2v) is 7.86. The van der Waals surface area contributed by atoms with Crippen LogP contribution in [-0.2, 0) is 4.74 Å². The van der Waals surface area contributed by atoms with Crippen molar-refractivity contribution in [3.63, 3.8) is 0 Å². The Balaban J connectivity index is 1.30. The number of rotatable bonds is 2. The first-order chi connectivity index (χ1) is 12.8. The Kier molecular flexibility index (Phi) is 3.96. The van der Waals surface area contributed by atoms with E-state index in [2.05, 4.69) is 15.6 Å². The van der Waals surface area contributed by atoms with Crippen LogP contribution in [0.2, 0.25) is 0 Å². The third-order valence-corrected chi connectivity index (χ3v) is 6.56. The molecule has 2 heterocycles. The molecule has 5 rings (SSSR count). The summed E-state index contributed by atoms with van der Waals surface area (Å²) in [5.74, 6) is 3.06. The van der Waals surface area contributed by atoms with Gasteiger partial charge in [-0.2, -0.15) is 0 Å². The molecule has 2 N–H and O–H groups in total. The van der Waals surface area contributed by atoms with Crippen molar-refractivity contribution in [3.05, 3.63) is 18.2 Å². The van der Waals surface area contributed by atoms with Crippen LogP contribution in [0.1, 0.15) is 32.1 Å². The van der Waals surface area contributed by atoms with Gasteiger partial charge in [0.2, 0.25) is 0 Å². The molecule has 0 bridgehead atoms. The minimum absolute atomic E-state index is 0.337. The van der Waals surface area contributed by atoms with Gasteiger partial charge >= 0.3 is 0 Å². The lowest BCUT2D eigenvalue weighted by atomic mass is 9.46. The summed E-state index contributed by atoms with van der Waals surface area (Å²) in [5.41, 5.74) is 1.30. The number of hydrogen-bond donors (Lipinski definition) is 2. The van der Waals surface area contributed by atoms with Crippen LogP contribution in [0.15, 0.2) is 23.2 Å². The zero-order chi connectivity index (χ0) is 17.6. The van der Waals surface area contributed by atoms with Gasteiger partial charge in [0, 0.05) is 49.2 Å². The fourth-order valence-electron chi connectivity index (χ4n) is 5.14. The highest BCUT2D eigenvalue weighted by molar-refractivity contribution is 5.94. The lowest BCUT2D eigenvalue weighted by Crippen LogP contribution is -2.72. The largest absolute Gasteiger partial charge is 0.490 e. The number of ether oxygens (including phenoxy) is 3. The highest BCUT2D eigenvalue weighted by Crippen LogP contribution is 2.62. The Morgan fingerprint density at radius 3 is 2.73 bits per heavy atom. The quantitative estimate of drug-likeness (QED) is 0.629. The predicted octanol–water partition coefficient (Wildman–Crippen LogP) is 2.79. The minimum Gasteiger partial charge on any atom is -0.490 e. The van der Waals surface area contributed by atoms with E-state index in [0.29, 0.717) is 36.7 Å². The molecule has 6 nitrogen and oxygen atoms in total. The second-order valence-electron chi connectivity index (χ2n) is 7.86. The second kappa shape index (κ2) is 6.34. The summed E-state index contributed by atoms with van der Waals surface area (Å²) in [5, 5.41) is 7.12. The van der Waals surface area contributed by atoms with Gasteiger partial charge in [-0.05, 0) is 31.4 Å². The Bertz CT molecular complexity index is 716. The van der Waals surface area contributed by atoms with E-state index in [-0.39, 0.29) is 0 Å². The maximum atomic E-state index is 6.02. The topological polar surface area (TPSA) is 64.1 Å². The number of anilines is 1. The molecule has 0 aromatic heterocycles. The van der Waals surface area contributed by atoms with Crippen LogP contribution in [-0.4, -0.2) is 45.0 Å². The molecule has 2 saturated carbocycles. The summed E-state index contributed by atoms with van der Waals surface area (Å²) >= 11 is 0. The van der Waals surface area contributed by atoms with Crippen molar-refractivity contribution in [2.45, 2.75) is 44.2 Å². The van der Waals surface area contributed by atoms with E-state index in [1.165, 1.54) is 19.3 Å². The summed E-state index contributed by atoms with van der Waals surface area (Å²) in [4.78, 5) is 4.46. The van der Waals surface area contributed by atoms with Crippen molar-refractivity contribution in [1.29, 1.82) is 0 Å². The van der Waals surface area contributed by atoms with Gasteiger partial charge in [-0.25, -0.2) is 0 Å². The van der Waals surface area contributed by atoms with Gasteiger partial charge in [0.1, 0.15) is 0 Å². The van der Waals surface area contributed by atoms with Crippen LogP contribution in [0.5, 0.6) is 11.5 Å². The van der Waals surface area contributed by atoms with E-state index in [9.17, 15) is 0 Å². The predicted molar refractivity (Wildman–Crippen MR) is 100 cm³/mol. The van der Waals surface area contributed by atoms with Gasteiger partial charge in [-0.3, -0.25) is 4.99 Å². The first kappa shape index (κ1) is 16.2. The SMILES string of the molecule is CN=C(Nc1ccc2c(c1)OCCCO2)NC1C2CCOC2C12CCC2. The molecular formula is C20H27N3O3. The summed E-state index contributed by atoms with van der Waals surface area (Å²) < 4.78 is 17.5. The molecule has 6 heteroatoms. The molecule has 1 saturated heterocycles. The highest BCUT2D eigenvalue weighted by Gasteiger charge is 2.66. The molecule has 0 radical (unpaired) electrons. The number of benzene rings is 1. The lowest BCUT2D eigenvalue weighted by molar-refractivity contribution is -0.171. The van der Waals surface area contributed by atoms with E-state index in [4.69, 9.17) is 14.2 Å². The third kappa shape index (κ3) is 2.46. The molecule has 26 heavy (non-hydrogen) atoms. The van der Waals surface area contributed by atoms with Crippen molar-refractivity contribution in [2.24, 2.45) is 16.3 Å². The van der Waals surface area contributed by atoms with Crippen molar-refractivity contribution in [3.8, 4) is 11.5 Å². The van der Waals surface area contributed by atoms with Crippen LogP contribution in [0.3, 0.4) is 0 Å². The van der Waals surface area contributed by atoms with Gasteiger partial charge in [0.15, 0.2) is 17.5 Å². The Morgan fingerprint density at radius 1 is 1.12 bits per heavy atom. The monoisotopic (exact) mass is 357 g/mol. The average Bonchev–Trinajstić information content (AvgIpc) is 2.89. The number of nitrogens with one attached hydrogen (secondary N) is 2. The highest BCUT2D eigenvalue weighted by atomic mass is 16.5. The van der Waals surface area contributed by atoms with Gasteiger partial charge in [0.05, 0.1) is 19.3 Å². The van der Waals surface area contributed by atoms with Crippen molar-refractivity contribution < 1.29 is 14.2 Å². The van der Waals surface area contributed by atoms with E-state index in [0.717, 1.165) is 42.6 Å². The standard InChI is InChI=1S/C20H27N3O3/c1-21-19(22-13-4-5-15-16(12-13)25-10-3-9-24-15)23-17-14-6-11-26-18(14)20(17)7-2-8-20/h4-5,12,14,17-18H,2-3,6-11H2,1H3,(H2,21,22,23). The summed E-state index contributed by atoms with van der Waals surface area (Å²) in [6.45, 7) is 2.30. The normalized spacial score (nSPS) is 31.4. The number of aliphatic imine (C=N–C) groups is 1. The Morgan fingerprint density at radius 2 is 1.96 bits per heavy atom. The molecule has 2 aliphatic carbocycles. The molecule has 3 atom stereocenters. The molecule has 3 unspecified atom stereocenters. The molecular weight excluding hydrogens is 330 g/mol. The first-order valence-electron chi connectivity index (χ1n) is 9.82. The number of fused-ring (bicyclic) bond motifs is 3. The number of guanidine groups is 1. The van der Waals surface area contributed by atoms with E-state index in [1.54, 1.807) is 0 Å². The number of hydrogen-bond acceptors (Lipinski definition) is 4. The van der Waals surface area contributed by atoms with E-state index >= 15 is 0 Å². The lowest BCUT2D eigenvalue weighted by Gasteiger charge is -2.63. The molecule has 1 aromatic rings. The van der Waals surface area contributed by atoms with E-state index in [1.807, 2.05) is 25.2 Å². The fourth-order valence-corrected chi connectivity index (χ4v) is 5.14. The summed E-state index contributed by atoms with van der Waals surface area (Å²) in [6, 6.07) is 6.44. The van der Waals surface area contributed by atoms with Crippen molar-refractivity contribution in [2.75, 3.05) is 32.2 Å². The maximum Gasteiger partial charge on any atom is 0.195 e. The van der Waals surface area contributed by atoms with Gasteiger partial charge in [-0.1, -0.05) is 6.42 Å². The molecule has 140 valence electrons. The van der Waals surface area contributed by atoms with E-state index < -0.39 is 0 Å². The van der Waals surface area contributed by atoms with Crippen LogP contribution in [0, 0.1) is 11.3 Å². The van der Waals surface area contributed by atoms with Crippen molar-refractivity contribution in [1.82, 2.24) is 5.32 Å². The van der Waals surface area contributed by atoms with Crippen LogP contribution < -0.4 is 20.1 Å². The fraction of sp³-hybridized carbons (Fsp3) is 0.650. The Labute approximate surface area is 154 Å². The molecule has 2 aliphatic heterocycles. The molecule has 3 fully saturated rings. The number of nitrogens with zero attached hydrogens (tertiary/aromatic N) is 1. The first-order valence-corrected chi connectivity index (χ1v) is 9.82. The van der Waals surface area contributed by atoms with Gasteiger partial charge in [-0.15, -0.1) is 0 Å². The smallest absolute Gasteiger partial charge is 0.195 e. The van der Waals surface area contributed by atoms with Crippen molar-refractivity contribution >= 4 is 11.6 Å². The maximum absolute atomic E-state index is 6.02. The molecule has 0 amide bonds. The molecule has 4 aliphatic rings. The van der Waals surface area contributed by atoms with Crippen LogP contribution in [0.4, 0.5) is 5.69 Å². The van der Waals surface area contributed by atoms with Crippen LogP contribution >= 0.6 is 0 Å². The summed E-state index contributed by atoms with van der Waals surface area (Å²) in [6.07, 6.45) is 6.39. The molecule has 1 aromatic carbocycles. The Hall–Kier alpha value is -1.95. The summed E-state index contributed by atoms with van der Waals surface area (Å²) in [7, 11) is 1.83. The van der Waals surface area contributed by atoms with Gasteiger partial charge < -0.3 is 24.8 Å². The average molecular weight is 357 g/mol.